The van der Waals surface area contributed by atoms with E-state index in [0.717, 1.165) is 52.0 Å². The first kappa shape index (κ1) is 19.7. The van der Waals surface area contributed by atoms with E-state index in [1.54, 1.807) is 7.05 Å². The van der Waals surface area contributed by atoms with E-state index in [2.05, 4.69) is 36.1 Å². The standard InChI is InChI=1S/C25H27N3O3/c1-24(2,3)22-18(13-26-4)17-12-16(6-7-19(17)28-22)27-23(29)25(9-10-25)15-5-8-20-21(11-15)31-14-30-20/h5-8,11-13,28H,9-10,14H2,1-4H3,(H,27,29). The van der Waals surface area contributed by atoms with E-state index in [-0.39, 0.29) is 18.1 Å². The molecule has 5 rings (SSSR count). The lowest BCUT2D eigenvalue weighted by Gasteiger charge is -2.18. The first-order valence-electron chi connectivity index (χ1n) is 10.6. The molecule has 0 spiro atoms. The molecule has 0 saturated heterocycles. The molecule has 0 radical (unpaired) electrons. The highest BCUT2D eigenvalue weighted by atomic mass is 16.7. The molecule has 31 heavy (non-hydrogen) atoms. The number of hydrogen-bond acceptors (Lipinski definition) is 4. The third-order valence-electron chi connectivity index (χ3n) is 6.21. The maximum atomic E-state index is 13.3. The molecule has 2 aliphatic rings. The Bertz CT molecular complexity index is 1210. The molecule has 6 heteroatoms. The monoisotopic (exact) mass is 417 g/mol. The van der Waals surface area contributed by atoms with Gasteiger partial charge in [-0.2, -0.15) is 0 Å². The van der Waals surface area contributed by atoms with E-state index in [9.17, 15) is 4.79 Å². The van der Waals surface area contributed by atoms with Gasteiger partial charge in [0, 0.05) is 46.5 Å². The van der Waals surface area contributed by atoms with E-state index < -0.39 is 5.41 Å². The number of carbonyl (C=O) groups excluding carboxylic acids is 1. The zero-order chi connectivity index (χ0) is 21.8. The van der Waals surface area contributed by atoms with E-state index in [0.29, 0.717) is 5.75 Å². The van der Waals surface area contributed by atoms with Crippen LogP contribution in [-0.4, -0.2) is 30.9 Å². The van der Waals surface area contributed by atoms with Crippen LogP contribution >= 0.6 is 0 Å². The first-order valence-corrected chi connectivity index (χ1v) is 10.6. The van der Waals surface area contributed by atoms with Gasteiger partial charge in [-0.1, -0.05) is 26.8 Å². The zero-order valence-electron chi connectivity index (χ0n) is 18.3. The normalized spacial score (nSPS) is 16.8. The second-order valence-corrected chi connectivity index (χ2v) is 9.42. The van der Waals surface area contributed by atoms with Crippen LogP contribution in [0.1, 0.15) is 50.4 Å². The van der Waals surface area contributed by atoms with Crippen molar-refractivity contribution in [3.63, 3.8) is 0 Å². The molecule has 1 fully saturated rings. The maximum absolute atomic E-state index is 13.3. The van der Waals surface area contributed by atoms with Crippen LogP contribution in [0.5, 0.6) is 11.5 Å². The number of nitrogens with zero attached hydrogens (tertiary/aromatic N) is 1. The summed E-state index contributed by atoms with van der Waals surface area (Å²) < 4.78 is 10.9. The van der Waals surface area contributed by atoms with E-state index in [1.165, 1.54) is 0 Å². The molecule has 1 aliphatic carbocycles. The van der Waals surface area contributed by atoms with E-state index in [4.69, 9.17) is 9.47 Å². The van der Waals surface area contributed by atoms with Crippen molar-refractivity contribution in [2.24, 2.45) is 4.99 Å². The topological polar surface area (TPSA) is 75.7 Å². The first-order chi connectivity index (χ1) is 14.8. The molecule has 160 valence electrons. The Balaban J connectivity index is 1.46. The van der Waals surface area contributed by atoms with Gasteiger partial charge in [-0.15, -0.1) is 0 Å². The van der Waals surface area contributed by atoms with Gasteiger partial charge in [0.2, 0.25) is 12.7 Å². The molecule has 2 N–H and O–H groups in total. The zero-order valence-corrected chi connectivity index (χ0v) is 18.3. The molecule has 2 aromatic carbocycles. The molecule has 6 nitrogen and oxygen atoms in total. The average Bonchev–Trinajstić information content (AvgIpc) is 3.27. The highest BCUT2D eigenvalue weighted by Gasteiger charge is 2.51. The van der Waals surface area contributed by atoms with Gasteiger partial charge >= 0.3 is 0 Å². The van der Waals surface area contributed by atoms with Crippen molar-refractivity contribution >= 4 is 28.7 Å². The average molecular weight is 418 g/mol. The summed E-state index contributed by atoms with van der Waals surface area (Å²) in [6.45, 7) is 6.76. The van der Waals surface area contributed by atoms with Gasteiger partial charge in [0.25, 0.3) is 0 Å². The number of rotatable bonds is 4. The second kappa shape index (κ2) is 6.87. The number of nitrogens with one attached hydrogen (secondary N) is 2. The molecule has 1 aromatic heterocycles. The van der Waals surface area contributed by atoms with Crippen molar-refractivity contribution < 1.29 is 14.3 Å². The van der Waals surface area contributed by atoms with Crippen LogP contribution in [0.25, 0.3) is 10.9 Å². The van der Waals surface area contributed by atoms with Gasteiger partial charge in [0.05, 0.1) is 5.41 Å². The van der Waals surface area contributed by atoms with Crippen LogP contribution in [-0.2, 0) is 15.6 Å². The molecule has 1 amide bonds. The molecular weight excluding hydrogens is 390 g/mol. The summed E-state index contributed by atoms with van der Waals surface area (Å²) in [6.07, 6.45) is 3.54. The molecule has 0 atom stereocenters. The summed E-state index contributed by atoms with van der Waals surface area (Å²) >= 11 is 0. The smallest absolute Gasteiger partial charge is 0.235 e. The van der Waals surface area contributed by atoms with Crippen molar-refractivity contribution in [2.45, 2.75) is 44.4 Å². The number of amides is 1. The Morgan fingerprint density at radius 2 is 1.90 bits per heavy atom. The molecule has 1 saturated carbocycles. The summed E-state index contributed by atoms with van der Waals surface area (Å²) in [6, 6.07) is 11.8. The Morgan fingerprint density at radius 1 is 1.13 bits per heavy atom. The van der Waals surface area contributed by atoms with Crippen molar-refractivity contribution in [1.29, 1.82) is 0 Å². The molecule has 3 aromatic rings. The molecule has 0 unspecified atom stereocenters. The van der Waals surface area contributed by atoms with Crippen LogP contribution < -0.4 is 14.8 Å². The van der Waals surface area contributed by atoms with Crippen LogP contribution in [0.15, 0.2) is 41.4 Å². The van der Waals surface area contributed by atoms with Crippen LogP contribution in [0.4, 0.5) is 5.69 Å². The number of aromatic nitrogens is 1. The highest BCUT2D eigenvalue weighted by molar-refractivity contribution is 6.05. The minimum absolute atomic E-state index is 0.0167. The van der Waals surface area contributed by atoms with Crippen LogP contribution in [0.2, 0.25) is 0 Å². The van der Waals surface area contributed by atoms with Crippen molar-refractivity contribution in [3.8, 4) is 11.5 Å². The summed E-state index contributed by atoms with van der Waals surface area (Å²) in [5, 5.41) is 4.21. The lowest BCUT2D eigenvalue weighted by atomic mass is 9.89. The summed E-state index contributed by atoms with van der Waals surface area (Å²) in [5.74, 6) is 1.46. The predicted octanol–water partition coefficient (Wildman–Crippen LogP) is 4.91. The largest absolute Gasteiger partial charge is 0.454 e. The quantitative estimate of drug-likeness (QED) is 0.592. The highest BCUT2D eigenvalue weighted by Crippen LogP contribution is 2.51. The Morgan fingerprint density at radius 3 is 2.61 bits per heavy atom. The van der Waals surface area contributed by atoms with E-state index >= 15 is 0 Å². The van der Waals surface area contributed by atoms with Gasteiger partial charge in [-0.05, 0) is 48.7 Å². The van der Waals surface area contributed by atoms with Crippen molar-refractivity contribution in [3.05, 3.63) is 53.2 Å². The minimum atomic E-state index is -0.502. The molecule has 2 heterocycles. The number of ether oxygens (including phenoxy) is 2. The number of fused-ring (bicyclic) bond motifs is 2. The Hall–Kier alpha value is -3.28. The third kappa shape index (κ3) is 3.26. The summed E-state index contributed by atoms with van der Waals surface area (Å²) in [5.41, 5.74) is 4.46. The Labute approximate surface area is 181 Å². The lowest BCUT2D eigenvalue weighted by Crippen LogP contribution is -2.27. The van der Waals surface area contributed by atoms with Gasteiger partial charge in [0.1, 0.15) is 0 Å². The summed E-state index contributed by atoms with van der Waals surface area (Å²) in [7, 11) is 1.78. The van der Waals surface area contributed by atoms with Gasteiger partial charge in [-0.25, -0.2) is 0 Å². The number of benzene rings is 2. The number of hydrogen-bond donors (Lipinski definition) is 2. The fourth-order valence-corrected chi connectivity index (χ4v) is 4.36. The summed E-state index contributed by atoms with van der Waals surface area (Å²) in [4.78, 5) is 21.1. The lowest BCUT2D eigenvalue weighted by molar-refractivity contribution is -0.118. The predicted molar refractivity (Wildman–Crippen MR) is 123 cm³/mol. The molecule has 1 aliphatic heterocycles. The Kier molecular flexibility index (Phi) is 4.36. The number of anilines is 1. The van der Waals surface area contributed by atoms with Crippen molar-refractivity contribution in [1.82, 2.24) is 4.98 Å². The van der Waals surface area contributed by atoms with E-state index in [1.807, 2.05) is 42.6 Å². The van der Waals surface area contributed by atoms with Gasteiger partial charge in [0.15, 0.2) is 11.5 Å². The molecule has 0 bridgehead atoms. The third-order valence-corrected chi connectivity index (χ3v) is 6.21. The molecular formula is C25H27N3O3. The van der Waals surface area contributed by atoms with Crippen molar-refractivity contribution in [2.75, 3.05) is 19.2 Å². The second-order valence-electron chi connectivity index (χ2n) is 9.42. The number of aromatic amines is 1. The van der Waals surface area contributed by atoms with Gasteiger partial charge in [-0.3, -0.25) is 9.79 Å². The van der Waals surface area contributed by atoms with Gasteiger partial charge < -0.3 is 19.8 Å². The number of aliphatic imine (C=N–C) groups is 1. The minimum Gasteiger partial charge on any atom is -0.454 e. The fourth-order valence-electron chi connectivity index (χ4n) is 4.36. The van der Waals surface area contributed by atoms with Crippen LogP contribution in [0.3, 0.4) is 0 Å². The number of carbonyl (C=O) groups is 1. The SMILES string of the molecule is CN=Cc1c(C(C)(C)C)[nH]c2ccc(NC(=O)C3(c4ccc5c(c4)OCO5)CC3)cc12. The maximum Gasteiger partial charge on any atom is 0.235 e. The fraction of sp³-hybridized carbons (Fsp3) is 0.360. The number of H-pyrrole nitrogens is 1. The van der Waals surface area contributed by atoms with Crippen LogP contribution in [0, 0.1) is 0 Å².